The fraction of sp³-hybridized carbons (Fsp3) is 0.235. The van der Waals surface area contributed by atoms with Crippen LogP contribution >= 0.6 is 23.2 Å². The Bertz CT molecular complexity index is 892. The van der Waals surface area contributed by atoms with Crippen molar-refractivity contribution >= 4 is 38.9 Å². The van der Waals surface area contributed by atoms with Gasteiger partial charge in [-0.1, -0.05) is 35.3 Å². The summed E-state index contributed by atoms with van der Waals surface area (Å²) in [6.07, 6.45) is 1.10. The summed E-state index contributed by atoms with van der Waals surface area (Å²) < 4.78 is 23.2. The molecule has 0 aliphatic heterocycles. The molecule has 0 aromatic heterocycles. The smallest absolute Gasteiger partial charge is 0.251 e. The number of hydrogen-bond acceptors (Lipinski definition) is 3. The number of amides is 1. The van der Waals surface area contributed by atoms with Crippen molar-refractivity contribution in [1.29, 1.82) is 0 Å². The van der Waals surface area contributed by atoms with Crippen LogP contribution in [0.2, 0.25) is 10.0 Å². The minimum absolute atomic E-state index is 0.0995. The van der Waals surface area contributed by atoms with E-state index in [0.717, 1.165) is 11.8 Å². The normalized spacial score (nSPS) is 12.0. The molecule has 1 amide bonds. The molecule has 2 aromatic carbocycles. The van der Waals surface area contributed by atoms with Crippen LogP contribution in [0.5, 0.6) is 0 Å². The molecule has 0 atom stereocenters. The molecular weight excluding hydrogens is 369 g/mol. The fourth-order valence-electron chi connectivity index (χ4n) is 2.18. The van der Waals surface area contributed by atoms with Gasteiger partial charge in [0.1, 0.15) is 0 Å². The molecular formula is C17H17Cl2NO3S. The van der Waals surface area contributed by atoms with E-state index in [0.29, 0.717) is 10.0 Å². The van der Waals surface area contributed by atoms with Gasteiger partial charge in [0.05, 0.1) is 20.5 Å². The lowest BCUT2D eigenvalue weighted by atomic mass is 9.94. The van der Waals surface area contributed by atoms with Gasteiger partial charge in [-0.05, 0) is 49.7 Å². The van der Waals surface area contributed by atoms with E-state index in [-0.39, 0.29) is 16.4 Å². The Kier molecular flexibility index (Phi) is 5.28. The molecule has 0 unspecified atom stereocenters. The maximum atomic E-state index is 12.5. The third-order valence-corrected chi connectivity index (χ3v) is 5.44. The first-order valence-corrected chi connectivity index (χ1v) is 9.73. The first-order valence-electron chi connectivity index (χ1n) is 7.09. The molecule has 0 spiro atoms. The van der Waals surface area contributed by atoms with Crippen molar-refractivity contribution in [3.63, 3.8) is 0 Å². The van der Waals surface area contributed by atoms with Gasteiger partial charge in [-0.3, -0.25) is 4.79 Å². The van der Waals surface area contributed by atoms with Crippen molar-refractivity contribution in [2.45, 2.75) is 24.3 Å². The molecule has 2 aromatic rings. The van der Waals surface area contributed by atoms with E-state index in [2.05, 4.69) is 5.32 Å². The van der Waals surface area contributed by atoms with Gasteiger partial charge in [-0.15, -0.1) is 0 Å². The van der Waals surface area contributed by atoms with E-state index >= 15 is 0 Å². The predicted octanol–water partition coefficient (Wildman–Crippen LogP) is 4.06. The van der Waals surface area contributed by atoms with Crippen LogP contribution in [-0.4, -0.2) is 20.6 Å². The Morgan fingerprint density at radius 2 is 1.71 bits per heavy atom. The molecule has 0 bridgehead atoms. The second-order valence-corrected chi connectivity index (χ2v) is 8.84. The highest BCUT2D eigenvalue weighted by Gasteiger charge is 2.24. The summed E-state index contributed by atoms with van der Waals surface area (Å²) in [6, 6.07) is 11.0. The van der Waals surface area contributed by atoms with Gasteiger partial charge in [0.2, 0.25) is 0 Å². The summed E-state index contributed by atoms with van der Waals surface area (Å²) in [5, 5.41) is 3.71. The van der Waals surface area contributed by atoms with Crippen molar-refractivity contribution in [2.24, 2.45) is 0 Å². The molecule has 0 heterocycles. The number of sulfone groups is 1. The summed E-state index contributed by atoms with van der Waals surface area (Å²) in [7, 11) is -3.38. The van der Waals surface area contributed by atoms with Gasteiger partial charge in [0, 0.05) is 11.8 Å². The molecule has 2 rings (SSSR count). The summed E-state index contributed by atoms with van der Waals surface area (Å²) >= 11 is 11.9. The number of nitrogens with one attached hydrogen (secondary N) is 1. The van der Waals surface area contributed by atoms with Gasteiger partial charge in [-0.25, -0.2) is 8.42 Å². The maximum Gasteiger partial charge on any atom is 0.251 e. The standard InChI is InChI=1S/C17H17Cl2NO3S/c1-17(2,12-7-8-14(18)15(19)10-12)20-16(21)11-5-4-6-13(9-11)24(3,22)23/h4-10H,1-3H3,(H,20,21). The first-order chi connectivity index (χ1) is 11.0. The van der Waals surface area contributed by atoms with E-state index in [1.54, 1.807) is 24.3 Å². The highest BCUT2D eigenvalue weighted by molar-refractivity contribution is 7.90. The third-order valence-electron chi connectivity index (χ3n) is 3.59. The summed E-state index contributed by atoms with van der Waals surface area (Å²) in [6.45, 7) is 3.65. The number of carbonyl (C=O) groups is 1. The van der Waals surface area contributed by atoms with Gasteiger partial charge >= 0.3 is 0 Å². The van der Waals surface area contributed by atoms with Crippen LogP contribution in [0.25, 0.3) is 0 Å². The van der Waals surface area contributed by atoms with Crippen molar-refractivity contribution in [2.75, 3.05) is 6.26 Å². The van der Waals surface area contributed by atoms with Crippen LogP contribution < -0.4 is 5.32 Å². The summed E-state index contributed by atoms with van der Waals surface area (Å²) in [4.78, 5) is 12.6. The van der Waals surface area contributed by atoms with Gasteiger partial charge in [0.25, 0.3) is 5.91 Å². The molecule has 4 nitrogen and oxygen atoms in total. The Morgan fingerprint density at radius 3 is 2.29 bits per heavy atom. The van der Waals surface area contributed by atoms with Crippen LogP contribution in [0.1, 0.15) is 29.8 Å². The zero-order valence-corrected chi connectivity index (χ0v) is 15.8. The molecule has 128 valence electrons. The van der Waals surface area contributed by atoms with Crippen LogP contribution in [0.3, 0.4) is 0 Å². The minimum atomic E-state index is -3.38. The number of hydrogen-bond donors (Lipinski definition) is 1. The largest absolute Gasteiger partial charge is 0.343 e. The second kappa shape index (κ2) is 6.75. The van der Waals surface area contributed by atoms with Gasteiger partial charge in [0.15, 0.2) is 9.84 Å². The molecule has 0 aliphatic rings. The fourth-order valence-corrected chi connectivity index (χ4v) is 3.15. The third kappa shape index (κ3) is 4.29. The van der Waals surface area contributed by atoms with Crippen LogP contribution in [0.4, 0.5) is 0 Å². The SMILES string of the molecule is CC(C)(NC(=O)c1cccc(S(C)(=O)=O)c1)c1ccc(Cl)c(Cl)c1. The number of carbonyl (C=O) groups excluding carboxylic acids is 1. The van der Waals surface area contributed by atoms with Crippen LogP contribution in [-0.2, 0) is 15.4 Å². The molecule has 0 radical (unpaired) electrons. The van der Waals surface area contributed by atoms with E-state index in [4.69, 9.17) is 23.2 Å². The first kappa shape index (κ1) is 18.8. The van der Waals surface area contributed by atoms with E-state index in [1.807, 2.05) is 13.8 Å². The molecule has 1 N–H and O–H groups in total. The molecule has 0 saturated heterocycles. The Balaban J connectivity index is 2.29. The van der Waals surface area contributed by atoms with Crippen LogP contribution in [0.15, 0.2) is 47.4 Å². The number of benzene rings is 2. The highest BCUT2D eigenvalue weighted by atomic mass is 35.5. The van der Waals surface area contributed by atoms with Crippen molar-refractivity contribution in [3.8, 4) is 0 Å². The maximum absolute atomic E-state index is 12.5. The highest BCUT2D eigenvalue weighted by Crippen LogP contribution is 2.28. The van der Waals surface area contributed by atoms with Crippen molar-refractivity contribution in [3.05, 3.63) is 63.6 Å². The van der Waals surface area contributed by atoms with Crippen molar-refractivity contribution in [1.82, 2.24) is 5.32 Å². The average molecular weight is 386 g/mol. The molecule has 24 heavy (non-hydrogen) atoms. The van der Waals surface area contributed by atoms with E-state index in [1.165, 1.54) is 18.2 Å². The van der Waals surface area contributed by atoms with Gasteiger partial charge < -0.3 is 5.32 Å². The van der Waals surface area contributed by atoms with E-state index < -0.39 is 15.4 Å². The van der Waals surface area contributed by atoms with Gasteiger partial charge in [-0.2, -0.15) is 0 Å². The number of rotatable bonds is 4. The number of halogens is 2. The summed E-state index contributed by atoms with van der Waals surface area (Å²) in [5.74, 6) is -0.378. The monoisotopic (exact) mass is 385 g/mol. The Hall–Kier alpha value is -1.56. The van der Waals surface area contributed by atoms with Crippen LogP contribution in [0, 0.1) is 0 Å². The molecule has 0 fully saturated rings. The Labute approximate surface area is 151 Å². The zero-order valence-electron chi connectivity index (χ0n) is 13.4. The minimum Gasteiger partial charge on any atom is -0.343 e. The zero-order chi connectivity index (χ0) is 18.1. The lowest BCUT2D eigenvalue weighted by Crippen LogP contribution is -2.41. The predicted molar refractivity (Wildman–Crippen MR) is 96.5 cm³/mol. The molecule has 7 heteroatoms. The topological polar surface area (TPSA) is 63.2 Å². The Morgan fingerprint density at radius 1 is 1.04 bits per heavy atom. The van der Waals surface area contributed by atoms with E-state index in [9.17, 15) is 13.2 Å². The molecule has 0 saturated carbocycles. The lowest BCUT2D eigenvalue weighted by Gasteiger charge is -2.27. The average Bonchev–Trinajstić information content (AvgIpc) is 2.48. The molecule has 0 aliphatic carbocycles. The summed E-state index contributed by atoms with van der Waals surface area (Å²) in [5.41, 5.74) is 0.336. The quantitative estimate of drug-likeness (QED) is 0.862. The lowest BCUT2D eigenvalue weighted by molar-refractivity contribution is 0.0912. The van der Waals surface area contributed by atoms with Crippen molar-refractivity contribution < 1.29 is 13.2 Å². The second-order valence-electron chi connectivity index (χ2n) is 6.01.